The van der Waals surface area contributed by atoms with Crippen LogP contribution in [-0.4, -0.2) is 47.8 Å². The smallest absolute Gasteiger partial charge is 0.341 e. The van der Waals surface area contributed by atoms with Crippen LogP contribution in [0.3, 0.4) is 0 Å². The molecule has 0 radical (unpaired) electrons. The first-order valence-corrected chi connectivity index (χ1v) is 9.10. The summed E-state index contributed by atoms with van der Waals surface area (Å²) in [5.74, 6) is -1.79. The highest BCUT2D eigenvalue weighted by Crippen LogP contribution is 2.52. The number of rotatable bonds is 6. The highest BCUT2D eigenvalue weighted by atomic mass is 35.5. The Kier molecular flexibility index (Phi) is 4.58. The lowest BCUT2D eigenvalue weighted by Crippen LogP contribution is -2.28. The van der Waals surface area contributed by atoms with Gasteiger partial charge in [-0.2, -0.15) is 10.1 Å². The maximum Gasteiger partial charge on any atom is 0.341 e. The number of imide groups is 1. The third kappa shape index (κ3) is 2.93. The van der Waals surface area contributed by atoms with Gasteiger partial charge in [-0.1, -0.05) is 23.8 Å². The third-order valence-corrected chi connectivity index (χ3v) is 5.64. The zero-order chi connectivity index (χ0) is 20.0. The molecule has 8 nitrogen and oxygen atoms in total. The van der Waals surface area contributed by atoms with Gasteiger partial charge >= 0.3 is 5.97 Å². The van der Waals surface area contributed by atoms with E-state index in [2.05, 4.69) is 5.10 Å². The molecule has 9 heteroatoms. The summed E-state index contributed by atoms with van der Waals surface area (Å²) in [6.45, 7) is -0.570. The normalized spacial score (nSPS) is 27.7. The Morgan fingerprint density at radius 2 is 1.93 bits per heavy atom. The quantitative estimate of drug-likeness (QED) is 0.441. The number of nitrogens with zero attached hydrogens (tertiary/aromatic N) is 2. The first-order chi connectivity index (χ1) is 13.4. The molecule has 1 heterocycles. The molecule has 2 bridgehead atoms. The predicted octanol–water partition coefficient (Wildman–Crippen LogP) is 1.95. The molecule has 3 aliphatic rings. The number of carboxylic acid groups (broad SMARTS) is 1. The van der Waals surface area contributed by atoms with Crippen LogP contribution in [0.1, 0.15) is 12.0 Å². The molecule has 1 aromatic carbocycles. The van der Waals surface area contributed by atoms with E-state index in [0.717, 1.165) is 11.4 Å². The van der Waals surface area contributed by atoms with Crippen LogP contribution in [0, 0.1) is 23.7 Å². The summed E-state index contributed by atoms with van der Waals surface area (Å²) in [4.78, 5) is 36.0. The van der Waals surface area contributed by atoms with E-state index in [1.54, 1.807) is 0 Å². The van der Waals surface area contributed by atoms with E-state index in [4.69, 9.17) is 26.2 Å². The van der Waals surface area contributed by atoms with Crippen molar-refractivity contribution in [2.45, 2.75) is 6.42 Å². The number of benzene rings is 1. The average molecular weight is 405 g/mol. The van der Waals surface area contributed by atoms with Crippen LogP contribution in [0.25, 0.3) is 0 Å². The SMILES string of the molecule is COc1cc(/C=N\N2C(=O)[C@@H]3[C@H](C2=O)[C@@H]2C=C[C@H]3C2)cc(Cl)c1OCC(=O)O. The number of aliphatic carboxylic acids is 1. The molecule has 1 aliphatic heterocycles. The molecule has 0 spiro atoms. The van der Waals surface area contributed by atoms with Crippen molar-refractivity contribution in [3.63, 3.8) is 0 Å². The lowest BCUT2D eigenvalue weighted by atomic mass is 9.85. The van der Waals surface area contributed by atoms with E-state index in [1.807, 2.05) is 12.2 Å². The van der Waals surface area contributed by atoms with E-state index >= 15 is 0 Å². The van der Waals surface area contributed by atoms with Crippen molar-refractivity contribution in [2.24, 2.45) is 28.8 Å². The minimum absolute atomic E-state index is 0.0919. The van der Waals surface area contributed by atoms with Gasteiger partial charge in [0.2, 0.25) is 0 Å². The minimum Gasteiger partial charge on any atom is -0.493 e. The number of carbonyl (C=O) groups is 3. The van der Waals surface area contributed by atoms with Crippen molar-refractivity contribution in [3.05, 3.63) is 34.9 Å². The average Bonchev–Trinajstić information content (AvgIpc) is 3.33. The molecule has 146 valence electrons. The molecular formula is C19H17ClN2O6. The number of allylic oxidation sites excluding steroid dienone is 2. The van der Waals surface area contributed by atoms with Gasteiger partial charge in [0.15, 0.2) is 18.1 Å². The number of carbonyl (C=O) groups excluding carboxylic acids is 2. The van der Waals surface area contributed by atoms with Crippen LogP contribution >= 0.6 is 11.6 Å². The molecule has 4 rings (SSSR count). The highest BCUT2D eigenvalue weighted by molar-refractivity contribution is 6.32. The lowest BCUT2D eigenvalue weighted by molar-refractivity contribution is -0.141. The fraction of sp³-hybridized carbons (Fsp3) is 0.368. The molecule has 1 saturated carbocycles. The summed E-state index contributed by atoms with van der Waals surface area (Å²) in [5.41, 5.74) is 0.475. The minimum atomic E-state index is -1.15. The van der Waals surface area contributed by atoms with Crippen LogP contribution in [0.2, 0.25) is 5.02 Å². The topological polar surface area (TPSA) is 106 Å². The number of carboxylic acids is 1. The fourth-order valence-corrected chi connectivity index (χ4v) is 4.49. The number of halogens is 1. The van der Waals surface area contributed by atoms with Crippen molar-refractivity contribution in [1.82, 2.24) is 5.01 Å². The van der Waals surface area contributed by atoms with Crippen LogP contribution < -0.4 is 9.47 Å². The van der Waals surface area contributed by atoms with Crippen LogP contribution in [0.15, 0.2) is 29.4 Å². The fourth-order valence-electron chi connectivity index (χ4n) is 4.21. The van der Waals surface area contributed by atoms with Crippen molar-refractivity contribution >= 4 is 35.6 Å². The molecule has 1 aromatic rings. The first-order valence-electron chi connectivity index (χ1n) is 8.73. The monoisotopic (exact) mass is 404 g/mol. The second-order valence-electron chi connectivity index (χ2n) is 6.95. The zero-order valence-electron chi connectivity index (χ0n) is 14.9. The van der Waals surface area contributed by atoms with Crippen molar-refractivity contribution in [1.29, 1.82) is 0 Å². The number of ether oxygens (including phenoxy) is 2. The van der Waals surface area contributed by atoms with Gasteiger partial charge in [-0.15, -0.1) is 0 Å². The highest BCUT2D eigenvalue weighted by Gasteiger charge is 2.59. The van der Waals surface area contributed by atoms with Gasteiger partial charge < -0.3 is 14.6 Å². The van der Waals surface area contributed by atoms with E-state index in [1.165, 1.54) is 25.5 Å². The van der Waals surface area contributed by atoms with Crippen LogP contribution in [0.4, 0.5) is 0 Å². The van der Waals surface area contributed by atoms with E-state index in [9.17, 15) is 14.4 Å². The summed E-state index contributed by atoms with van der Waals surface area (Å²) in [6, 6.07) is 3.02. The van der Waals surface area contributed by atoms with Crippen LogP contribution in [0.5, 0.6) is 11.5 Å². The standard InChI is InChI=1S/C19H17ClN2O6/c1-27-13-5-9(4-12(20)17(13)28-8-14(23)24)7-21-22-18(25)15-10-2-3-11(6-10)16(15)19(22)26/h2-5,7,10-11,15-16H,6,8H2,1H3,(H,23,24)/b21-7-/t10-,11+,15-,16+. The molecule has 4 atom stereocenters. The Morgan fingerprint density at radius 1 is 1.29 bits per heavy atom. The number of amides is 2. The van der Waals surface area contributed by atoms with Gasteiger partial charge in [0.1, 0.15) is 0 Å². The molecule has 2 amide bonds. The Labute approximate surface area is 165 Å². The summed E-state index contributed by atoms with van der Waals surface area (Å²) >= 11 is 6.16. The molecule has 1 N–H and O–H groups in total. The summed E-state index contributed by atoms with van der Waals surface area (Å²) in [7, 11) is 1.39. The summed E-state index contributed by atoms with van der Waals surface area (Å²) in [6.07, 6.45) is 6.24. The predicted molar refractivity (Wildman–Crippen MR) is 98.3 cm³/mol. The third-order valence-electron chi connectivity index (χ3n) is 5.36. The van der Waals surface area contributed by atoms with Gasteiger partial charge in [0.05, 0.1) is 30.2 Å². The Balaban J connectivity index is 1.55. The van der Waals surface area contributed by atoms with E-state index in [0.29, 0.717) is 5.56 Å². The molecule has 2 aliphatic carbocycles. The first kappa shape index (κ1) is 18.5. The number of hydrazone groups is 1. The van der Waals surface area contributed by atoms with E-state index < -0.39 is 12.6 Å². The molecule has 0 aromatic heterocycles. The second-order valence-corrected chi connectivity index (χ2v) is 7.36. The van der Waals surface area contributed by atoms with Gasteiger partial charge in [0, 0.05) is 0 Å². The van der Waals surface area contributed by atoms with Gasteiger partial charge in [0.25, 0.3) is 11.8 Å². The second kappa shape index (κ2) is 6.94. The number of fused-ring (bicyclic) bond motifs is 5. The molecule has 0 unspecified atom stereocenters. The Bertz CT molecular complexity index is 897. The molecule has 28 heavy (non-hydrogen) atoms. The Morgan fingerprint density at radius 3 is 2.50 bits per heavy atom. The maximum absolute atomic E-state index is 12.6. The van der Waals surface area contributed by atoms with Gasteiger partial charge in [-0.05, 0) is 36.0 Å². The maximum atomic E-state index is 12.6. The van der Waals surface area contributed by atoms with Gasteiger partial charge in [-0.25, -0.2) is 4.79 Å². The van der Waals surface area contributed by atoms with Crippen molar-refractivity contribution < 1.29 is 29.0 Å². The molecule has 1 saturated heterocycles. The Hall–Kier alpha value is -2.87. The molecular weight excluding hydrogens is 388 g/mol. The molecule has 2 fully saturated rings. The van der Waals surface area contributed by atoms with Gasteiger partial charge in [-0.3, -0.25) is 9.59 Å². The van der Waals surface area contributed by atoms with Crippen LogP contribution in [-0.2, 0) is 14.4 Å². The number of hydrogen-bond donors (Lipinski definition) is 1. The lowest BCUT2D eigenvalue weighted by Gasteiger charge is -2.13. The number of hydrogen-bond acceptors (Lipinski definition) is 6. The summed E-state index contributed by atoms with van der Waals surface area (Å²) < 4.78 is 10.3. The van der Waals surface area contributed by atoms with E-state index in [-0.39, 0.29) is 52.0 Å². The van der Waals surface area contributed by atoms with Crippen molar-refractivity contribution in [3.8, 4) is 11.5 Å². The zero-order valence-corrected chi connectivity index (χ0v) is 15.6. The van der Waals surface area contributed by atoms with Crippen molar-refractivity contribution in [2.75, 3.05) is 13.7 Å². The summed E-state index contributed by atoms with van der Waals surface area (Å²) in [5, 5.41) is 13.9. The largest absolute Gasteiger partial charge is 0.493 e. The number of methoxy groups -OCH3 is 1.